The molecule has 114 valence electrons. The van der Waals surface area contributed by atoms with Gasteiger partial charge in [0, 0.05) is 6.07 Å². The Hall–Kier alpha value is -2.96. The van der Waals surface area contributed by atoms with Crippen molar-refractivity contribution in [3.63, 3.8) is 0 Å². The zero-order chi connectivity index (χ0) is 15.5. The van der Waals surface area contributed by atoms with Crippen LogP contribution in [0.3, 0.4) is 0 Å². The Morgan fingerprint density at radius 2 is 2.18 bits per heavy atom. The molecule has 0 fully saturated rings. The summed E-state index contributed by atoms with van der Waals surface area (Å²) < 4.78 is 20.7. The summed E-state index contributed by atoms with van der Waals surface area (Å²) in [6.45, 7) is 0.153. The molecule has 0 aliphatic carbocycles. The van der Waals surface area contributed by atoms with Gasteiger partial charge in [-0.05, 0) is 24.3 Å². The van der Waals surface area contributed by atoms with Crippen LogP contribution in [-0.2, 0) is 16.1 Å². The van der Waals surface area contributed by atoms with Crippen LogP contribution in [0.15, 0.2) is 34.7 Å². The Morgan fingerprint density at radius 1 is 1.32 bits per heavy atom. The molecule has 1 aliphatic rings. The standard InChI is InChI=1S/C15H13NO6/c1-19-15(18)13-5-3-10(22-13)7-20-9-2-4-12-11(6-9)16-14(17)8-21-12/h2-6H,7-8H2,1H3,(H,16,17). The highest BCUT2D eigenvalue weighted by Gasteiger charge is 2.16. The Labute approximate surface area is 125 Å². The molecule has 0 atom stereocenters. The van der Waals surface area contributed by atoms with E-state index in [0.717, 1.165) is 0 Å². The number of carbonyl (C=O) groups excluding carboxylic acids is 2. The molecule has 1 aromatic carbocycles. The molecule has 1 aliphatic heterocycles. The maximum atomic E-state index is 11.3. The molecular formula is C15H13NO6. The first-order chi connectivity index (χ1) is 10.7. The predicted molar refractivity (Wildman–Crippen MR) is 74.9 cm³/mol. The molecular weight excluding hydrogens is 290 g/mol. The van der Waals surface area contributed by atoms with Crippen LogP contribution in [0, 0.1) is 0 Å². The van der Waals surface area contributed by atoms with Gasteiger partial charge in [0.2, 0.25) is 5.76 Å². The number of esters is 1. The van der Waals surface area contributed by atoms with Gasteiger partial charge < -0.3 is 23.9 Å². The summed E-state index contributed by atoms with van der Waals surface area (Å²) in [5, 5.41) is 2.70. The molecule has 0 spiro atoms. The third-order valence-corrected chi connectivity index (χ3v) is 3.01. The largest absolute Gasteiger partial charge is 0.486 e. The van der Waals surface area contributed by atoms with Gasteiger partial charge in [0.25, 0.3) is 5.91 Å². The van der Waals surface area contributed by atoms with E-state index in [-0.39, 0.29) is 24.9 Å². The van der Waals surface area contributed by atoms with E-state index < -0.39 is 5.97 Å². The Kier molecular flexibility index (Phi) is 3.69. The number of rotatable bonds is 4. The highest BCUT2D eigenvalue weighted by atomic mass is 16.5. The molecule has 7 heteroatoms. The molecule has 0 saturated heterocycles. The normalized spacial score (nSPS) is 12.9. The number of methoxy groups -OCH3 is 1. The van der Waals surface area contributed by atoms with Crippen molar-refractivity contribution in [2.75, 3.05) is 19.0 Å². The number of carbonyl (C=O) groups is 2. The molecule has 1 amide bonds. The summed E-state index contributed by atoms with van der Waals surface area (Å²) in [6, 6.07) is 8.25. The second-order valence-corrected chi connectivity index (χ2v) is 4.54. The van der Waals surface area contributed by atoms with Gasteiger partial charge in [0.05, 0.1) is 12.8 Å². The lowest BCUT2D eigenvalue weighted by Gasteiger charge is -2.18. The summed E-state index contributed by atoms with van der Waals surface area (Å²) in [4.78, 5) is 22.6. The predicted octanol–water partition coefficient (Wildman–Crippen LogP) is 1.98. The van der Waals surface area contributed by atoms with Gasteiger partial charge >= 0.3 is 5.97 Å². The second-order valence-electron chi connectivity index (χ2n) is 4.54. The third-order valence-electron chi connectivity index (χ3n) is 3.01. The summed E-state index contributed by atoms with van der Waals surface area (Å²) in [6.07, 6.45) is 0. The fourth-order valence-corrected chi connectivity index (χ4v) is 1.97. The number of nitrogens with one attached hydrogen (secondary N) is 1. The van der Waals surface area contributed by atoms with Crippen molar-refractivity contribution < 1.29 is 28.2 Å². The van der Waals surface area contributed by atoms with Crippen LogP contribution in [0.5, 0.6) is 11.5 Å². The quantitative estimate of drug-likeness (QED) is 0.869. The first-order valence-corrected chi connectivity index (χ1v) is 6.52. The number of hydrogen-bond acceptors (Lipinski definition) is 6. The van der Waals surface area contributed by atoms with E-state index in [0.29, 0.717) is 22.9 Å². The van der Waals surface area contributed by atoms with Gasteiger partial charge in [-0.2, -0.15) is 0 Å². The molecule has 0 unspecified atom stereocenters. The molecule has 22 heavy (non-hydrogen) atoms. The minimum atomic E-state index is -0.542. The maximum absolute atomic E-state index is 11.3. The average Bonchev–Trinajstić information content (AvgIpc) is 3.00. The number of anilines is 1. The van der Waals surface area contributed by atoms with E-state index in [1.54, 1.807) is 24.3 Å². The summed E-state index contributed by atoms with van der Waals surface area (Å²) in [5.41, 5.74) is 0.559. The molecule has 7 nitrogen and oxygen atoms in total. The highest BCUT2D eigenvalue weighted by molar-refractivity contribution is 5.95. The van der Waals surface area contributed by atoms with E-state index in [1.165, 1.54) is 13.2 Å². The zero-order valence-electron chi connectivity index (χ0n) is 11.8. The zero-order valence-corrected chi connectivity index (χ0v) is 11.8. The van der Waals surface area contributed by atoms with Crippen LogP contribution in [0.1, 0.15) is 16.3 Å². The number of benzene rings is 1. The first-order valence-electron chi connectivity index (χ1n) is 6.52. The van der Waals surface area contributed by atoms with Crippen molar-refractivity contribution in [1.82, 2.24) is 0 Å². The minimum absolute atomic E-state index is 0.00983. The first kappa shape index (κ1) is 14.0. The van der Waals surface area contributed by atoms with Crippen molar-refractivity contribution >= 4 is 17.6 Å². The fourth-order valence-electron chi connectivity index (χ4n) is 1.97. The lowest BCUT2D eigenvalue weighted by molar-refractivity contribution is -0.118. The van der Waals surface area contributed by atoms with Gasteiger partial charge in [-0.25, -0.2) is 4.79 Å². The van der Waals surface area contributed by atoms with E-state index in [2.05, 4.69) is 10.1 Å². The van der Waals surface area contributed by atoms with Crippen LogP contribution >= 0.6 is 0 Å². The van der Waals surface area contributed by atoms with Gasteiger partial charge in [-0.15, -0.1) is 0 Å². The molecule has 0 bridgehead atoms. The summed E-state index contributed by atoms with van der Waals surface area (Å²) in [7, 11) is 1.28. The molecule has 2 aromatic rings. The van der Waals surface area contributed by atoms with Crippen molar-refractivity contribution in [3.05, 3.63) is 41.9 Å². The number of furan rings is 1. The van der Waals surface area contributed by atoms with Crippen LogP contribution in [0.2, 0.25) is 0 Å². The highest BCUT2D eigenvalue weighted by Crippen LogP contribution is 2.31. The van der Waals surface area contributed by atoms with Crippen molar-refractivity contribution in [3.8, 4) is 11.5 Å². The van der Waals surface area contributed by atoms with Gasteiger partial charge in [-0.3, -0.25) is 4.79 Å². The minimum Gasteiger partial charge on any atom is -0.486 e. The van der Waals surface area contributed by atoms with Crippen LogP contribution in [0.25, 0.3) is 0 Å². The van der Waals surface area contributed by atoms with Crippen molar-refractivity contribution in [2.45, 2.75) is 6.61 Å². The Morgan fingerprint density at radius 3 is 3.00 bits per heavy atom. The topological polar surface area (TPSA) is 87.0 Å². The number of hydrogen-bond donors (Lipinski definition) is 1. The maximum Gasteiger partial charge on any atom is 0.373 e. The lowest BCUT2D eigenvalue weighted by Crippen LogP contribution is -2.25. The Bertz CT molecular complexity index is 721. The van der Waals surface area contributed by atoms with Gasteiger partial charge in [0.15, 0.2) is 6.61 Å². The van der Waals surface area contributed by atoms with E-state index >= 15 is 0 Å². The van der Waals surface area contributed by atoms with Crippen molar-refractivity contribution in [2.24, 2.45) is 0 Å². The molecule has 2 heterocycles. The van der Waals surface area contributed by atoms with E-state index in [4.69, 9.17) is 13.9 Å². The molecule has 0 saturated carbocycles. The second kappa shape index (κ2) is 5.80. The van der Waals surface area contributed by atoms with E-state index in [9.17, 15) is 9.59 Å². The van der Waals surface area contributed by atoms with Crippen LogP contribution in [0.4, 0.5) is 5.69 Å². The molecule has 1 N–H and O–H groups in total. The number of fused-ring (bicyclic) bond motifs is 1. The molecule has 3 rings (SSSR count). The fraction of sp³-hybridized carbons (Fsp3) is 0.200. The Balaban J connectivity index is 1.66. The summed E-state index contributed by atoms with van der Waals surface area (Å²) in [5.74, 6) is 0.988. The van der Waals surface area contributed by atoms with Crippen LogP contribution < -0.4 is 14.8 Å². The van der Waals surface area contributed by atoms with Crippen LogP contribution in [-0.4, -0.2) is 25.6 Å². The van der Waals surface area contributed by atoms with Gasteiger partial charge in [0.1, 0.15) is 23.9 Å². The average molecular weight is 303 g/mol. The molecule has 1 aromatic heterocycles. The lowest BCUT2D eigenvalue weighted by atomic mass is 10.2. The number of amides is 1. The number of ether oxygens (including phenoxy) is 3. The van der Waals surface area contributed by atoms with Crippen molar-refractivity contribution in [1.29, 1.82) is 0 Å². The van der Waals surface area contributed by atoms with Gasteiger partial charge in [-0.1, -0.05) is 0 Å². The molecule has 0 radical (unpaired) electrons. The van der Waals surface area contributed by atoms with E-state index in [1.807, 2.05) is 0 Å². The summed E-state index contributed by atoms with van der Waals surface area (Å²) >= 11 is 0. The third kappa shape index (κ3) is 2.88. The monoisotopic (exact) mass is 303 g/mol. The SMILES string of the molecule is COC(=O)c1ccc(COc2ccc3c(c2)NC(=O)CO3)o1. The smallest absolute Gasteiger partial charge is 0.373 e.